The van der Waals surface area contributed by atoms with Crippen LogP contribution in [0.4, 0.5) is 4.39 Å². The number of hydrogen-bond acceptors (Lipinski definition) is 2. The fourth-order valence-electron chi connectivity index (χ4n) is 4.29. The number of fused-ring (bicyclic) bond motifs is 3. The summed E-state index contributed by atoms with van der Waals surface area (Å²) in [5.41, 5.74) is 7.34. The Morgan fingerprint density at radius 3 is 2.39 bits per heavy atom. The van der Waals surface area contributed by atoms with Gasteiger partial charge in [-0.3, -0.25) is 0 Å². The largest absolute Gasteiger partial charge is 0.493 e. The predicted octanol–water partition coefficient (Wildman–Crippen LogP) is 7.46. The Morgan fingerprint density at radius 2 is 1.71 bits per heavy atom. The second-order valence-corrected chi connectivity index (χ2v) is 9.53. The number of rotatable bonds is 3. The highest BCUT2D eigenvalue weighted by molar-refractivity contribution is 5.82. The number of ether oxygens (including phenoxy) is 1. The Bertz CT molecular complexity index is 1120. The molecule has 1 aromatic heterocycles. The number of para-hydroxylation sites is 1. The molecule has 0 aliphatic carbocycles. The lowest BCUT2D eigenvalue weighted by molar-refractivity contribution is 0.325. The van der Waals surface area contributed by atoms with Crippen LogP contribution in [0.15, 0.2) is 54.6 Å². The molecule has 0 saturated carbocycles. The third-order valence-corrected chi connectivity index (χ3v) is 5.60. The predicted molar refractivity (Wildman–Crippen MR) is 127 cm³/mol. The van der Waals surface area contributed by atoms with Crippen LogP contribution in [-0.2, 0) is 11.8 Å². The van der Waals surface area contributed by atoms with Gasteiger partial charge in [0, 0.05) is 23.1 Å². The Hall–Kier alpha value is -2.94. The molecule has 2 heterocycles. The molecule has 2 nitrogen and oxygen atoms in total. The smallest absolute Gasteiger partial charge is 0.128 e. The summed E-state index contributed by atoms with van der Waals surface area (Å²) in [6, 6.07) is 14.8. The Balaban J connectivity index is 2.12. The fraction of sp³-hybridized carbons (Fsp3) is 0.321. The topological polar surface area (TPSA) is 22.1 Å². The van der Waals surface area contributed by atoms with Crippen molar-refractivity contribution in [3.63, 3.8) is 0 Å². The van der Waals surface area contributed by atoms with Gasteiger partial charge in [0.15, 0.2) is 0 Å². The third kappa shape index (κ3) is 4.27. The molecule has 0 radical (unpaired) electrons. The number of pyridine rings is 1. The van der Waals surface area contributed by atoms with E-state index in [0.29, 0.717) is 12.5 Å². The first kappa shape index (κ1) is 21.3. The first-order valence-corrected chi connectivity index (χ1v) is 11.0. The molecule has 0 saturated heterocycles. The number of allylic oxidation sites excluding steroid dienone is 1. The average molecular weight is 416 g/mol. The summed E-state index contributed by atoms with van der Waals surface area (Å²) in [7, 11) is 0. The van der Waals surface area contributed by atoms with Gasteiger partial charge in [0.25, 0.3) is 0 Å². The minimum Gasteiger partial charge on any atom is -0.493 e. The van der Waals surface area contributed by atoms with Crippen LogP contribution in [0.25, 0.3) is 28.6 Å². The molecule has 0 unspecified atom stereocenters. The van der Waals surface area contributed by atoms with Crippen molar-refractivity contribution in [3.05, 3.63) is 77.1 Å². The lowest BCUT2D eigenvalue weighted by Gasteiger charge is -2.28. The lowest BCUT2D eigenvalue weighted by atomic mass is 9.77. The molecule has 0 fully saturated rings. The van der Waals surface area contributed by atoms with Gasteiger partial charge in [-0.05, 0) is 58.9 Å². The van der Waals surface area contributed by atoms with Gasteiger partial charge in [-0.15, -0.1) is 0 Å². The van der Waals surface area contributed by atoms with Gasteiger partial charge < -0.3 is 4.74 Å². The van der Waals surface area contributed by atoms with Crippen LogP contribution in [0.1, 0.15) is 51.3 Å². The number of hydrogen-bond donors (Lipinski definition) is 0. The van der Waals surface area contributed by atoms with E-state index in [1.807, 2.05) is 30.3 Å². The normalized spacial score (nSPS) is 13.6. The summed E-state index contributed by atoms with van der Waals surface area (Å²) in [4.78, 5) is 5.21. The van der Waals surface area contributed by atoms with E-state index >= 15 is 0 Å². The first-order chi connectivity index (χ1) is 14.8. The van der Waals surface area contributed by atoms with Crippen molar-refractivity contribution in [1.29, 1.82) is 0 Å². The summed E-state index contributed by atoms with van der Waals surface area (Å²) in [6.07, 6.45) is 5.22. The molecule has 3 heteroatoms. The van der Waals surface area contributed by atoms with E-state index < -0.39 is 0 Å². The molecule has 0 atom stereocenters. The molecule has 160 valence electrons. The third-order valence-electron chi connectivity index (χ3n) is 5.60. The van der Waals surface area contributed by atoms with Gasteiger partial charge in [0.05, 0.1) is 18.0 Å². The zero-order valence-corrected chi connectivity index (χ0v) is 19.0. The van der Waals surface area contributed by atoms with E-state index in [1.54, 1.807) is 0 Å². The van der Waals surface area contributed by atoms with Crippen molar-refractivity contribution < 1.29 is 9.13 Å². The molecule has 2 aromatic carbocycles. The summed E-state index contributed by atoms with van der Waals surface area (Å²) in [6.45, 7) is 11.7. The zero-order valence-electron chi connectivity index (χ0n) is 19.0. The van der Waals surface area contributed by atoms with Crippen LogP contribution >= 0.6 is 0 Å². The van der Waals surface area contributed by atoms with E-state index in [1.165, 1.54) is 23.3 Å². The zero-order chi connectivity index (χ0) is 22.2. The highest BCUT2D eigenvalue weighted by Gasteiger charge is 2.29. The van der Waals surface area contributed by atoms with Crippen LogP contribution in [-0.4, -0.2) is 11.6 Å². The summed E-state index contributed by atoms with van der Waals surface area (Å²) >= 11 is 0. The molecule has 0 amide bonds. The SMILES string of the molecule is CC(C)/C=C/c1c(-c2ccc(F)cc2)nc2c(c1C(C)(C)C)CCOc1ccccc1-2. The van der Waals surface area contributed by atoms with Gasteiger partial charge in [-0.25, -0.2) is 9.37 Å². The number of benzene rings is 2. The molecule has 31 heavy (non-hydrogen) atoms. The van der Waals surface area contributed by atoms with Crippen molar-refractivity contribution in [2.75, 3.05) is 6.61 Å². The second-order valence-electron chi connectivity index (χ2n) is 9.53. The Labute approximate surface area is 184 Å². The fourth-order valence-corrected chi connectivity index (χ4v) is 4.29. The maximum atomic E-state index is 13.7. The molecule has 1 aliphatic rings. The molecule has 0 spiro atoms. The molecular formula is C28H30FNO. The summed E-state index contributed by atoms with van der Waals surface area (Å²) < 4.78 is 19.8. The molecular weight excluding hydrogens is 385 g/mol. The monoisotopic (exact) mass is 415 g/mol. The number of nitrogens with zero attached hydrogens (tertiary/aromatic N) is 1. The minimum atomic E-state index is -0.243. The highest BCUT2D eigenvalue weighted by Crippen LogP contribution is 2.43. The minimum absolute atomic E-state index is 0.0995. The van der Waals surface area contributed by atoms with E-state index in [2.05, 4.69) is 52.8 Å². The molecule has 0 bridgehead atoms. The van der Waals surface area contributed by atoms with Crippen molar-refractivity contribution in [1.82, 2.24) is 4.98 Å². The quantitative estimate of drug-likeness (QED) is 0.443. The first-order valence-electron chi connectivity index (χ1n) is 11.0. The van der Waals surface area contributed by atoms with Crippen molar-refractivity contribution in [2.45, 2.75) is 46.5 Å². The van der Waals surface area contributed by atoms with Crippen LogP contribution in [0.2, 0.25) is 0 Å². The molecule has 1 aliphatic heterocycles. The van der Waals surface area contributed by atoms with E-state index in [9.17, 15) is 4.39 Å². The van der Waals surface area contributed by atoms with Gasteiger partial charge >= 0.3 is 0 Å². The standard InChI is InChI=1S/C28H30FNO/c1-18(2)10-15-22-25(28(3,4)5)23-16-17-31-24-9-7-6-8-21(24)27(23)30-26(22)19-11-13-20(29)14-12-19/h6-15,18H,16-17H2,1-5H3/b15-10+. The van der Waals surface area contributed by atoms with Gasteiger partial charge in [-0.1, -0.05) is 58.9 Å². The summed E-state index contributed by atoms with van der Waals surface area (Å²) in [5.74, 6) is 1.04. The molecule has 0 N–H and O–H groups in total. The van der Waals surface area contributed by atoms with Crippen molar-refractivity contribution >= 4 is 6.08 Å². The van der Waals surface area contributed by atoms with E-state index in [0.717, 1.165) is 40.2 Å². The number of aromatic nitrogens is 1. The van der Waals surface area contributed by atoms with E-state index in [4.69, 9.17) is 9.72 Å². The lowest BCUT2D eigenvalue weighted by Crippen LogP contribution is -2.19. The maximum absolute atomic E-state index is 13.7. The Kier molecular flexibility index (Phi) is 5.70. The van der Waals surface area contributed by atoms with Crippen LogP contribution in [0.5, 0.6) is 5.75 Å². The highest BCUT2D eigenvalue weighted by atomic mass is 19.1. The average Bonchev–Trinajstić information content (AvgIpc) is 2.90. The van der Waals surface area contributed by atoms with Crippen LogP contribution < -0.4 is 4.74 Å². The van der Waals surface area contributed by atoms with Gasteiger partial charge in [0.1, 0.15) is 11.6 Å². The molecule has 4 rings (SSSR count). The number of halogens is 1. The maximum Gasteiger partial charge on any atom is 0.128 e. The molecule has 3 aromatic rings. The Morgan fingerprint density at radius 1 is 1.00 bits per heavy atom. The van der Waals surface area contributed by atoms with Crippen LogP contribution in [0, 0.1) is 11.7 Å². The second kappa shape index (κ2) is 8.30. The van der Waals surface area contributed by atoms with Crippen molar-refractivity contribution in [3.8, 4) is 28.3 Å². The summed E-state index contributed by atoms with van der Waals surface area (Å²) in [5, 5.41) is 0. The van der Waals surface area contributed by atoms with Crippen molar-refractivity contribution in [2.24, 2.45) is 5.92 Å². The van der Waals surface area contributed by atoms with Crippen LogP contribution in [0.3, 0.4) is 0 Å². The van der Waals surface area contributed by atoms with E-state index in [-0.39, 0.29) is 11.2 Å². The van der Waals surface area contributed by atoms with Gasteiger partial charge in [-0.2, -0.15) is 0 Å². The van der Waals surface area contributed by atoms with Gasteiger partial charge in [0.2, 0.25) is 0 Å².